The smallest absolute Gasteiger partial charge is 0.268 e. The minimum absolute atomic E-state index is 0.0458. The molecule has 8 heteroatoms. The maximum atomic E-state index is 13.2. The molecule has 4 aliphatic rings. The quantitative estimate of drug-likeness (QED) is 0.417. The van der Waals surface area contributed by atoms with Gasteiger partial charge >= 0.3 is 0 Å². The molecular weight excluding hydrogens is 478 g/mol. The molecule has 2 amide bonds. The second-order valence-electron chi connectivity index (χ2n) is 11.4. The van der Waals surface area contributed by atoms with E-state index >= 15 is 0 Å². The molecule has 0 unspecified atom stereocenters. The molecule has 0 radical (unpaired) electrons. The molecule has 2 bridgehead atoms. The molecule has 1 aliphatic heterocycles. The highest BCUT2D eigenvalue weighted by Crippen LogP contribution is 2.47. The number of carbonyl (C=O) groups excluding carboxylic acids is 2. The third kappa shape index (κ3) is 5.01. The SMILES string of the molecule is COc1ccc2cc(C(=O)NC34CCC(NC(=O)c5ccc(CCN6CCCC6)nc5)(CC3)CC4)[nH]c2c1. The van der Waals surface area contributed by atoms with Gasteiger partial charge in [-0.15, -0.1) is 0 Å². The normalized spacial score (nSPS) is 25.0. The molecule has 3 aromatic rings. The summed E-state index contributed by atoms with van der Waals surface area (Å²) in [5.74, 6) is 0.636. The Hall–Kier alpha value is -3.39. The molecule has 3 saturated carbocycles. The number of carbonyl (C=O) groups is 2. The van der Waals surface area contributed by atoms with Crippen LogP contribution in [0.2, 0.25) is 0 Å². The number of ether oxygens (including phenoxy) is 1. The van der Waals surface area contributed by atoms with E-state index in [4.69, 9.17) is 4.74 Å². The van der Waals surface area contributed by atoms with Crippen molar-refractivity contribution in [2.75, 3.05) is 26.7 Å². The van der Waals surface area contributed by atoms with E-state index in [0.29, 0.717) is 11.3 Å². The number of benzene rings is 1. The number of aromatic nitrogens is 2. The van der Waals surface area contributed by atoms with E-state index < -0.39 is 0 Å². The van der Waals surface area contributed by atoms with Crippen LogP contribution in [0.1, 0.15) is 77.9 Å². The van der Waals surface area contributed by atoms with E-state index in [9.17, 15) is 9.59 Å². The fraction of sp³-hybridized carbons (Fsp3) is 0.500. The summed E-state index contributed by atoms with van der Waals surface area (Å²) in [6.07, 6.45) is 10.4. The van der Waals surface area contributed by atoms with Crippen molar-refractivity contribution in [3.05, 3.63) is 59.5 Å². The first-order valence-electron chi connectivity index (χ1n) is 13.9. The fourth-order valence-corrected chi connectivity index (χ4v) is 6.52. The van der Waals surface area contributed by atoms with Crippen LogP contribution in [-0.4, -0.2) is 64.5 Å². The van der Waals surface area contributed by atoms with Gasteiger partial charge in [-0.05, 0) is 94.8 Å². The molecule has 0 spiro atoms. The van der Waals surface area contributed by atoms with Crippen molar-refractivity contribution in [2.45, 2.75) is 68.9 Å². The number of aromatic amines is 1. The molecule has 0 atom stereocenters. The largest absolute Gasteiger partial charge is 0.497 e. The summed E-state index contributed by atoms with van der Waals surface area (Å²) < 4.78 is 5.29. The molecule has 3 N–H and O–H groups in total. The summed E-state index contributed by atoms with van der Waals surface area (Å²) in [6.45, 7) is 3.41. The Kier molecular flexibility index (Phi) is 6.60. The number of likely N-dealkylation sites (tertiary alicyclic amines) is 1. The summed E-state index contributed by atoms with van der Waals surface area (Å²) in [7, 11) is 1.63. The van der Waals surface area contributed by atoms with Crippen LogP contribution >= 0.6 is 0 Å². The van der Waals surface area contributed by atoms with Gasteiger partial charge in [-0.1, -0.05) is 0 Å². The average Bonchev–Trinajstić information content (AvgIpc) is 3.63. The molecule has 3 aliphatic carbocycles. The molecule has 38 heavy (non-hydrogen) atoms. The van der Waals surface area contributed by atoms with Crippen LogP contribution in [0.25, 0.3) is 10.9 Å². The average molecular weight is 516 g/mol. The molecule has 7 rings (SSSR count). The number of hydrogen-bond donors (Lipinski definition) is 3. The zero-order chi connectivity index (χ0) is 26.2. The molecule has 2 aromatic heterocycles. The lowest BCUT2D eigenvalue weighted by Crippen LogP contribution is -2.63. The van der Waals surface area contributed by atoms with Gasteiger partial charge in [0.15, 0.2) is 0 Å². The lowest BCUT2D eigenvalue weighted by atomic mass is 9.61. The van der Waals surface area contributed by atoms with Crippen molar-refractivity contribution < 1.29 is 14.3 Å². The van der Waals surface area contributed by atoms with Crippen LogP contribution < -0.4 is 15.4 Å². The van der Waals surface area contributed by atoms with Crippen LogP contribution in [0.15, 0.2) is 42.6 Å². The Morgan fingerprint density at radius 1 is 0.947 bits per heavy atom. The lowest BCUT2D eigenvalue weighted by Gasteiger charge is -2.53. The molecule has 4 fully saturated rings. The Morgan fingerprint density at radius 2 is 1.63 bits per heavy atom. The van der Waals surface area contributed by atoms with Gasteiger partial charge < -0.3 is 25.3 Å². The Labute approximate surface area is 223 Å². The van der Waals surface area contributed by atoms with E-state index in [2.05, 4.69) is 25.5 Å². The third-order valence-electron chi connectivity index (χ3n) is 9.05. The molecule has 1 aromatic carbocycles. The Balaban J connectivity index is 1.03. The van der Waals surface area contributed by atoms with Crippen molar-refractivity contribution in [3.8, 4) is 5.75 Å². The number of nitrogens with one attached hydrogen (secondary N) is 3. The first-order valence-corrected chi connectivity index (χ1v) is 13.9. The summed E-state index contributed by atoms with van der Waals surface area (Å²) in [4.78, 5) is 36.5. The van der Waals surface area contributed by atoms with Gasteiger partial charge in [0.05, 0.1) is 12.7 Å². The zero-order valence-electron chi connectivity index (χ0n) is 22.1. The minimum Gasteiger partial charge on any atom is -0.497 e. The summed E-state index contributed by atoms with van der Waals surface area (Å²) in [5.41, 5.74) is 2.70. The monoisotopic (exact) mass is 515 g/mol. The van der Waals surface area contributed by atoms with Crippen molar-refractivity contribution in [2.24, 2.45) is 0 Å². The van der Waals surface area contributed by atoms with Gasteiger partial charge in [0.2, 0.25) is 0 Å². The fourth-order valence-electron chi connectivity index (χ4n) is 6.52. The molecule has 3 heterocycles. The van der Waals surface area contributed by atoms with Crippen LogP contribution in [0.5, 0.6) is 5.75 Å². The molecule has 1 saturated heterocycles. The summed E-state index contributed by atoms with van der Waals surface area (Å²) in [6, 6.07) is 11.5. The van der Waals surface area contributed by atoms with Gasteiger partial charge in [0.25, 0.3) is 11.8 Å². The van der Waals surface area contributed by atoms with Crippen molar-refractivity contribution in [1.82, 2.24) is 25.5 Å². The highest BCUT2D eigenvalue weighted by Gasteiger charge is 2.50. The number of nitrogens with zero attached hydrogens (tertiary/aromatic N) is 2. The van der Waals surface area contributed by atoms with Gasteiger partial charge in [0, 0.05) is 52.9 Å². The van der Waals surface area contributed by atoms with Gasteiger partial charge in [-0.3, -0.25) is 14.6 Å². The molecular formula is C30H37N5O3. The summed E-state index contributed by atoms with van der Waals surface area (Å²) in [5, 5.41) is 7.67. The van der Waals surface area contributed by atoms with Gasteiger partial charge in [-0.25, -0.2) is 0 Å². The number of hydrogen-bond acceptors (Lipinski definition) is 5. The van der Waals surface area contributed by atoms with Crippen molar-refractivity contribution in [1.29, 1.82) is 0 Å². The van der Waals surface area contributed by atoms with Crippen LogP contribution in [0, 0.1) is 0 Å². The Morgan fingerprint density at radius 3 is 2.26 bits per heavy atom. The van der Waals surface area contributed by atoms with Crippen LogP contribution in [-0.2, 0) is 6.42 Å². The molecule has 8 nitrogen and oxygen atoms in total. The highest BCUT2D eigenvalue weighted by atomic mass is 16.5. The zero-order valence-corrected chi connectivity index (χ0v) is 22.1. The first-order chi connectivity index (χ1) is 18.4. The number of pyridine rings is 1. The lowest BCUT2D eigenvalue weighted by molar-refractivity contribution is 0.0440. The second-order valence-corrected chi connectivity index (χ2v) is 11.4. The van der Waals surface area contributed by atoms with Gasteiger partial charge in [0.1, 0.15) is 11.4 Å². The molecule has 200 valence electrons. The predicted octanol–water partition coefficient (Wildman–Crippen LogP) is 4.22. The van der Waals surface area contributed by atoms with E-state index in [1.165, 1.54) is 25.9 Å². The van der Waals surface area contributed by atoms with E-state index in [0.717, 1.165) is 73.8 Å². The Bertz CT molecular complexity index is 1300. The number of H-pyrrole nitrogens is 1. The van der Waals surface area contributed by atoms with Crippen LogP contribution in [0.4, 0.5) is 0 Å². The highest BCUT2D eigenvalue weighted by molar-refractivity contribution is 5.98. The van der Waals surface area contributed by atoms with E-state index in [1.54, 1.807) is 13.3 Å². The minimum atomic E-state index is -0.211. The van der Waals surface area contributed by atoms with Gasteiger partial charge in [-0.2, -0.15) is 0 Å². The number of methoxy groups -OCH3 is 1. The number of amides is 2. The van der Waals surface area contributed by atoms with E-state index in [-0.39, 0.29) is 22.9 Å². The number of rotatable bonds is 8. The number of fused-ring (bicyclic) bond motifs is 4. The van der Waals surface area contributed by atoms with Crippen molar-refractivity contribution in [3.63, 3.8) is 0 Å². The summed E-state index contributed by atoms with van der Waals surface area (Å²) >= 11 is 0. The maximum Gasteiger partial charge on any atom is 0.268 e. The second kappa shape index (κ2) is 10.1. The topological polar surface area (TPSA) is 99.3 Å². The van der Waals surface area contributed by atoms with Crippen LogP contribution in [0.3, 0.4) is 0 Å². The van der Waals surface area contributed by atoms with Crippen molar-refractivity contribution >= 4 is 22.7 Å². The third-order valence-corrected chi connectivity index (χ3v) is 9.05. The first kappa shape index (κ1) is 24.9. The maximum absolute atomic E-state index is 13.2. The standard InChI is InChI=1S/C30H37N5O3/c1-38-24-7-5-21-18-26(32-25(21)19-24)28(37)34-30-12-9-29(10-13-30,11-14-30)33-27(36)22-4-6-23(31-20-22)8-17-35-15-2-3-16-35/h4-7,18-20,32H,2-3,8-17H2,1H3,(H,33,36)(H,34,37). The van der Waals surface area contributed by atoms with E-state index in [1.807, 2.05) is 36.4 Å². The predicted molar refractivity (Wildman–Crippen MR) is 147 cm³/mol.